The summed E-state index contributed by atoms with van der Waals surface area (Å²) in [7, 11) is 0. The summed E-state index contributed by atoms with van der Waals surface area (Å²) in [6.07, 6.45) is 1.68. The van der Waals surface area contributed by atoms with Crippen molar-refractivity contribution in [2.45, 2.75) is 38.8 Å². The lowest BCUT2D eigenvalue weighted by Crippen LogP contribution is -2.48. The minimum atomic E-state index is -0.673. The highest BCUT2D eigenvalue weighted by atomic mass is 19.1. The lowest BCUT2D eigenvalue weighted by atomic mass is 9.78. The van der Waals surface area contributed by atoms with Crippen molar-refractivity contribution in [3.8, 4) is 5.75 Å². The van der Waals surface area contributed by atoms with Crippen molar-refractivity contribution in [1.29, 1.82) is 0 Å². The number of nitrogens with two attached hydrogens (primary N) is 1. The second-order valence-electron chi connectivity index (χ2n) is 5.37. The van der Waals surface area contributed by atoms with Crippen LogP contribution in [0.5, 0.6) is 5.75 Å². The van der Waals surface area contributed by atoms with Crippen molar-refractivity contribution in [3.63, 3.8) is 0 Å². The summed E-state index contributed by atoms with van der Waals surface area (Å²) in [4.78, 5) is 0. The summed E-state index contributed by atoms with van der Waals surface area (Å²) < 4.78 is 32.0. The zero-order chi connectivity index (χ0) is 13.3. The monoisotopic (exact) mass is 255 g/mol. The Bertz CT molecular complexity index is 412. The molecular weight excluding hydrogens is 236 g/mol. The number of ether oxygens (including phenoxy) is 1. The van der Waals surface area contributed by atoms with Crippen LogP contribution < -0.4 is 10.5 Å². The maximum absolute atomic E-state index is 13.5. The largest absolute Gasteiger partial charge is 0.485 e. The van der Waals surface area contributed by atoms with E-state index in [-0.39, 0.29) is 23.8 Å². The van der Waals surface area contributed by atoms with E-state index in [1.165, 1.54) is 12.1 Å². The van der Waals surface area contributed by atoms with Gasteiger partial charge in [0.2, 0.25) is 0 Å². The number of halogens is 2. The van der Waals surface area contributed by atoms with Gasteiger partial charge in [-0.2, -0.15) is 0 Å². The van der Waals surface area contributed by atoms with E-state index >= 15 is 0 Å². The number of rotatable bonds is 2. The Morgan fingerprint density at radius 2 is 1.94 bits per heavy atom. The van der Waals surface area contributed by atoms with Crippen LogP contribution in [0.2, 0.25) is 0 Å². The van der Waals surface area contributed by atoms with Crippen LogP contribution in [0.3, 0.4) is 0 Å². The zero-order valence-electron chi connectivity index (χ0n) is 10.7. The Labute approximate surface area is 106 Å². The first-order chi connectivity index (χ1) is 8.47. The average molecular weight is 255 g/mol. The quantitative estimate of drug-likeness (QED) is 0.881. The molecule has 1 fully saturated rings. The molecule has 0 aromatic heterocycles. The van der Waals surface area contributed by atoms with Gasteiger partial charge >= 0.3 is 0 Å². The highest BCUT2D eigenvalue weighted by Gasteiger charge is 2.33. The summed E-state index contributed by atoms with van der Waals surface area (Å²) in [5.41, 5.74) is 6.07. The van der Waals surface area contributed by atoms with E-state index in [2.05, 4.69) is 13.8 Å². The SMILES string of the molecule is CC1CC(C)C(Oc2ccc(F)cc2F)C(N)C1. The van der Waals surface area contributed by atoms with E-state index in [1.807, 2.05) is 0 Å². The highest BCUT2D eigenvalue weighted by Crippen LogP contribution is 2.32. The maximum atomic E-state index is 13.5. The van der Waals surface area contributed by atoms with Gasteiger partial charge in [-0.05, 0) is 36.8 Å². The van der Waals surface area contributed by atoms with Gasteiger partial charge in [0.05, 0.1) is 0 Å². The summed E-state index contributed by atoms with van der Waals surface area (Å²) in [5.74, 6) is -0.359. The molecule has 4 atom stereocenters. The van der Waals surface area contributed by atoms with E-state index in [4.69, 9.17) is 10.5 Å². The summed E-state index contributed by atoms with van der Waals surface area (Å²) >= 11 is 0. The van der Waals surface area contributed by atoms with Crippen LogP contribution in [0.1, 0.15) is 26.7 Å². The molecule has 1 saturated carbocycles. The Hall–Kier alpha value is -1.16. The number of benzene rings is 1. The molecule has 1 aromatic carbocycles. The van der Waals surface area contributed by atoms with E-state index in [1.54, 1.807) is 0 Å². The van der Waals surface area contributed by atoms with Gasteiger partial charge < -0.3 is 10.5 Å². The minimum absolute atomic E-state index is 0.0817. The third kappa shape index (κ3) is 2.80. The van der Waals surface area contributed by atoms with Crippen LogP contribution in [0, 0.1) is 23.5 Å². The Morgan fingerprint density at radius 1 is 1.22 bits per heavy atom. The second kappa shape index (κ2) is 5.22. The smallest absolute Gasteiger partial charge is 0.167 e. The number of hydrogen-bond acceptors (Lipinski definition) is 2. The van der Waals surface area contributed by atoms with Gasteiger partial charge in [0, 0.05) is 12.1 Å². The van der Waals surface area contributed by atoms with Crippen molar-refractivity contribution in [2.75, 3.05) is 0 Å². The van der Waals surface area contributed by atoms with Crippen LogP contribution in [0.25, 0.3) is 0 Å². The molecule has 0 aliphatic heterocycles. The topological polar surface area (TPSA) is 35.2 Å². The van der Waals surface area contributed by atoms with Gasteiger partial charge in [0.1, 0.15) is 11.9 Å². The molecular formula is C14H19F2NO. The molecule has 100 valence electrons. The molecule has 4 heteroatoms. The zero-order valence-corrected chi connectivity index (χ0v) is 10.7. The molecule has 0 radical (unpaired) electrons. The fourth-order valence-electron chi connectivity index (χ4n) is 2.81. The summed E-state index contributed by atoms with van der Waals surface area (Å²) in [6, 6.07) is 3.24. The van der Waals surface area contributed by atoms with Crippen molar-refractivity contribution >= 4 is 0 Å². The normalized spacial score (nSPS) is 32.3. The van der Waals surface area contributed by atoms with Gasteiger partial charge in [-0.15, -0.1) is 0 Å². The molecule has 18 heavy (non-hydrogen) atoms. The van der Waals surface area contributed by atoms with Crippen LogP contribution in [0.15, 0.2) is 18.2 Å². The standard InChI is InChI=1S/C14H19F2NO/c1-8-5-9(2)14(12(17)6-8)18-13-4-3-10(15)7-11(13)16/h3-4,7-9,12,14H,5-6,17H2,1-2H3. The first-order valence-electron chi connectivity index (χ1n) is 6.34. The molecule has 2 nitrogen and oxygen atoms in total. The third-order valence-corrected chi connectivity index (χ3v) is 3.59. The fraction of sp³-hybridized carbons (Fsp3) is 0.571. The fourth-order valence-corrected chi connectivity index (χ4v) is 2.81. The lowest BCUT2D eigenvalue weighted by molar-refractivity contribution is 0.0592. The molecule has 1 aliphatic rings. The molecule has 1 aliphatic carbocycles. The van der Waals surface area contributed by atoms with Crippen LogP contribution in [-0.2, 0) is 0 Å². The third-order valence-electron chi connectivity index (χ3n) is 3.59. The molecule has 4 unspecified atom stereocenters. The van der Waals surface area contributed by atoms with E-state index < -0.39 is 11.6 Å². The molecule has 0 bridgehead atoms. The molecule has 0 heterocycles. The summed E-state index contributed by atoms with van der Waals surface area (Å²) in [6.45, 7) is 4.21. The van der Waals surface area contributed by atoms with Crippen molar-refractivity contribution in [3.05, 3.63) is 29.8 Å². The maximum Gasteiger partial charge on any atom is 0.167 e. The van der Waals surface area contributed by atoms with Gasteiger partial charge in [0.15, 0.2) is 11.6 Å². The van der Waals surface area contributed by atoms with Crippen LogP contribution >= 0.6 is 0 Å². The van der Waals surface area contributed by atoms with Crippen molar-refractivity contribution in [1.82, 2.24) is 0 Å². The van der Waals surface area contributed by atoms with Crippen molar-refractivity contribution in [2.24, 2.45) is 17.6 Å². The molecule has 0 saturated heterocycles. The van der Waals surface area contributed by atoms with E-state index in [0.29, 0.717) is 5.92 Å². The van der Waals surface area contributed by atoms with E-state index in [9.17, 15) is 8.78 Å². The summed E-state index contributed by atoms with van der Waals surface area (Å²) in [5, 5.41) is 0. The minimum Gasteiger partial charge on any atom is -0.485 e. The predicted octanol–water partition coefficient (Wildman–Crippen LogP) is 3.11. The predicted molar refractivity (Wildman–Crippen MR) is 66.3 cm³/mol. The average Bonchev–Trinajstić information content (AvgIpc) is 2.25. The van der Waals surface area contributed by atoms with Crippen LogP contribution in [0.4, 0.5) is 8.78 Å². The number of hydrogen-bond donors (Lipinski definition) is 1. The van der Waals surface area contributed by atoms with Gasteiger partial charge in [0.25, 0.3) is 0 Å². The second-order valence-corrected chi connectivity index (χ2v) is 5.37. The highest BCUT2D eigenvalue weighted by molar-refractivity contribution is 5.25. The van der Waals surface area contributed by atoms with Crippen molar-refractivity contribution < 1.29 is 13.5 Å². The molecule has 1 aromatic rings. The van der Waals surface area contributed by atoms with Gasteiger partial charge in [-0.3, -0.25) is 0 Å². The molecule has 2 N–H and O–H groups in total. The Morgan fingerprint density at radius 3 is 2.56 bits per heavy atom. The van der Waals surface area contributed by atoms with E-state index in [0.717, 1.165) is 18.9 Å². The Balaban J connectivity index is 2.12. The first-order valence-corrected chi connectivity index (χ1v) is 6.34. The lowest BCUT2D eigenvalue weighted by Gasteiger charge is -2.37. The Kier molecular flexibility index (Phi) is 3.85. The molecule has 0 amide bonds. The molecule has 0 spiro atoms. The van der Waals surface area contributed by atoms with Crippen LogP contribution in [-0.4, -0.2) is 12.1 Å². The first kappa shape index (κ1) is 13.3. The molecule has 2 rings (SSSR count). The van der Waals surface area contributed by atoms with Gasteiger partial charge in [-0.1, -0.05) is 13.8 Å². The van der Waals surface area contributed by atoms with Gasteiger partial charge in [-0.25, -0.2) is 8.78 Å².